The Balaban J connectivity index is 1.85. The van der Waals surface area contributed by atoms with Gasteiger partial charge >= 0.3 is 0 Å². The van der Waals surface area contributed by atoms with Crippen molar-refractivity contribution in [1.82, 2.24) is 9.78 Å². The summed E-state index contributed by atoms with van der Waals surface area (Å²) in [6, 6.07) is 11.6. The van der Waals surface area contributed by atoms with Crippen LogP contribution < -0.4 is 0 Å². The van der Waals surface area contributed by atoms with Gasteiger partial charge in [0.2, 0.25) is 0 Å². The average molecular weight is 335 g/mol. The van der Waals surface area contributed by atoms with Crippen LogP contribution in [0.3, 0.4) is 0 Å². The van der Waals surface area contributed by atoms with Crippen molar-refractivity contribution >= 4 is 26.8 Å². The monoisotopic (exact) mass is 334 g/mol. The third kappa shape index (κ3) is 2.59. The first-order valence-corrected chi connectivity index (χ1v) is 6.98. The fourth-order valence-corrected chi connectivity index (χ4v) is 2.58. The normalized spacial score (nSPS) is 12.8. The summed E-state index contributed by atoms with van der Waals surface area (Å²) in [6.45, 7) is 0.326. The van der Waals surface area contributed by atoms with Crippen LogP contribution in [0.4, 0.5) is 4.39 Å². The summed E-state index contributed by atoms with van der Waals surface area (Å²) in [6.07, 6.45) is 1.16. The molecule has 0 aliphatic carbocycles. The maximum absolute atomic E-state index is 12.9. The van der Waals surface area contributed by atoms with Gasteiger partial charge in [0.05, 0.1) is 18.2 Å². The lowest BCUT2D eigenvalue weighted by Gasteiger charge is -2.10. The van der Waals surface area contributed by atoms with Gasteiger partial charge in [-0.05, 0) is 29.8 Å². The number of nitrogens with zero attached hydrogens (tertiary/aromatic N) is 2. The molecule has 0 bridgehead atoms. The number of hydrogen-bond donors (Lipinski definition) is 1. The Morgan fingerprint density at radius 1 is 1.20 bits per heavy atom. The van der Waals surface area contributed by atoms with Crippen molar-refractivity contribution in [2.75, 3.05) is 0 Å². The van der Waals surface area contributed by atoms with Crippen molar-refractivity contribution < 1.29 is 9.50 Å². The minimum Gasteiger partial charge on any atom is -0.386 e. The van der Waals surface area contributed by atoms with Gasteiger partial charge in [-0.15, -0.1) is 0 Å². The molecule has 3 aromatic rings. The molecular formula is C15H12BrFN2O. The maximum atomic E-state index is 12.9. The Hall–Kier alpha value is -1.72. The summed E-state index contributed by atoms with van der Waals surface area (Å²) in [5.74, 6) is -0.310. The van der Waals surface area contributed by atoms with Gasteiger partial charge in [-0.3, -0.25) is 4.68 Å². The van der Waals surface area contributed by atoms with E-state index in [9.17, 15) is 9.50 Å². The van der Waals surface area contributed by atoms with E-state index in [0.29, 0.717) is 12.1 Å². The third-order valence-corrected chi connectivity index (χ3v) is 3.85. The molecule has 0 saturated heterocycles. The minimum atomic E-state index is -0.719. The van der Waals surface area contributed by atoms with Crippen LogP contribution in [0.2, 0.25) is 0 Å². The molecule has 0 aliphatic heterocycles. The Morgan fingerprint density at radius 3 is 2.65 bits per heavy atom. The molecule has 3 nitrogen and oxygen atoms in total. The van der Waals surface area contributed by atoms with E-state index in [1.807, 2.05) is 24.4 Å². The zero-order valence-corrected chi connectivity index (χ0v) is 12.1. The van der Waals surface area contributed by atoms with E-state index < -0.39 is 6.10 Å². The van der Waals surface area contributed by atoms with Gasteiger partial charge in [-0.1, -0.05) is 34.1 Å². The number of rotatable bonds is 3. The summed E-state index contributed by atoms with van der Waals surface area (Å²) >= 11 is 3.47. The van der Waals surface area contributed by atoms with Gasteiger partial charge < -0.3 is 5.11 Å². The van der Waals surface area contributed by atoms with E-state index in [1.54, 1.807) is 16.8 Å². The maximum Gasteiger partial charge on any atom is 0.123 e. The number of aliphatic hydroxyl groups excluding tert-OH is 1. The highest BCUT2D eigenvalue weighted by molar-refractivity contribution is 9.10. The van der Waals surface area contributed by atoms with Crippen molar-refractivity contribution in [2.45, 2.75) is 12.6 Å². The molecule has 1 N–H and O–H groups in total. The standard InChI is InChI=1S/C15H12BrFN2O/c16-13-2-1-3-14-12(13)8-19(18-14)9-15(20)10-4-6-11(17)7-5-10/h1-8,15,20H,9H2/t15-/m0/s1. The molecule has 2 aromatic carbocycles. The summed E-state index contributed by atoms with van der Waals surface area (Å²) in [5, 5.41) is 15.6. The van der Waals surface area contributed by atoms with Crippen LogP contribution in [0.15, 0.2) is 53.1 Å². The zero-order valence-electron chi connectivity index (χ0n) is 10.5. The van der Waals surface area contributed by atoms with Gasteiger partial charge in [0.15, 0.2) is 0 Å². The average Bonchev–Trinajstić information content (AvgIpc) is 2.83. The first-order valence-electron chi connectivity index (χ1n) is 6.19. The largest absolute Gasteiger partial charge is 0.386 e. The number of aliphatic hydroxyl groups is 1. The molecule has 0 saturated carbocycles. The summed E-state index contributed by atoms with van der Waals surface area (Å²) in [5.41, 5.74) is 1.54. The number of halogens is 2. The molecule has 1 heterocycles. The first kappa shape index (κ1) is 13.3. The Labute approximate surface area is 123 Å². The summed E-state index contributed by atoms with van der Waals surface area (Å²) < 4.78 is 15.5. The second-order valence-electron chi connectivity index (χ2n) is 4.59. The molecule has 0 spiro atoms. The van der Waals surface area contributed by atoms with E-state index in [-0.39, 0.29) is 5.82 Å². The van der Waals surface area contributed by atoms with E-state index in [0.717, 1.165) is 15.4 Å². The molecule has 3 rings (SSSR count). The summed E-state index contributed by atoms with van der Waals surface area (Å²) in [7, 11) is 0. The molecule has 1 atom stereocenters. The summed E-state index contributed by atoms with van der Waals surface area (Å²) in [4.78, 5) is 0. The molecule has 0 aliphatic rings. The van der Waals surface area contributed by atoms with Crippen LogP contribution in [0.25, 0.3) is 10.9 Å². The SMILES string of the molecule is O[C@@H](Cn1cc2c(Br)cccc2n1)c1ccc(F)cc1. The van der Waals surface area contributed by atoms with E-state index >= 15 is 0 Å². The third-order valence-electron chi connectivity index (χ3n) is 3.16. The lowest BCUT2D eigenvalue weighted by atomic mass is 10.1. The number of benzene rings is 2. The minimum absolute atomic E-state index is 0.310. The lowest BCUT2D eigenvalue weighted by molar-refractivity contribution is 0.152. The number of hydrogen-bond acceptors (Lipinski definition) is 2. The van der Waals surface area contributed by atoms with Crippen LogP contribution >= 0.6 is 15.9 Å². The fraction of sp³-hybridized carbons (Fsp3) is 0.133. The van der Waals surface area contributed by atoms with Gasteiger partial charge in [0.1, 0.15) is 5.82 Å². The van der Waals surface area contributed by atoms with Crippen LogP contribution in [0.1, 0.15) is 11.7 Å². The first-order chi connectivity index (χ1) is 9.63. The van der Waals surface area contributed by atoms with Crippen molar-refractivity contribution in [3.63, 3.8) is 0 Å². The van der Waals surface area contributed by atoms with Crippen LogP contribution in [-0.4, -0.2) is 14.9 Å². The Bertz CT molecular complexity index is 739. The highest BCUT2D eigenvalue weighted by Gasteiger charge is 2.11. The number of fused-ring (bicyclic) bond motifs is 1. The molecule has 0 unspecified atom stereocenters. The topological polar surface area (TPSA) is 38.0 Å². The van der Waals surface area contributed by atoms with E-state index in [1.165, 1.54) is 12.1 Å². The van der Waals surface area contributed by atoms with Gasteiger partial charge in [-0.25, -0.2) is 4.39 Å². The van der Waals surface area contributed by atoms with Crippen LogP contribution in [-0.2, 0) is 6.54 Å². The molecule has 102 valence electrons. The fourth-order valence-electron chi connectivity index (χ4n) is 2.12. The molecule has 0 fully saturated rings. The van der Waals surface area contributed by atoms with Crippen LogP contribution in [0, 0.1) is 5.82 Å². The smallest absolute Gasteiger partial charge is 0.123 e. The predicted octanol–water partition coefficient (Wildman–Crippen LogP) is 3.67. The molecule has 1 aromatic heterocycles. The van der Waals surface area contributed by atoms with Gasteiger partial charge in [0.25, 0.3) is 0 Å². The molecule has 0 radical (unpaired) electrons. The van der Waals surface area contributed by atoms with E-state index in [2.05, 4.69) is 21.0 Å². The Morgan fingerprint density at radius 2 is 1.95 bits per heavy atom. The van der Waals surface area contributed by atoms with Crippen molar-refractivity contribution in [1.29, 1.82) is 0 Å². The molecule has 5 heteroatoms. The van der Waals surface area contributed by atoms with Gasteiger partial charge in [0, 0.05) is 16.1 Å². The highest BCUT2D eigenvalue weighted by atomic mass is 79.9. The molecule has 0 amide bonds. The zero-order chi connectivity index (χ0) is 14.1. The van der Waals surface area contributed by atoms with Crippen molar-refractivity contribution in [3.8, 4) is 0 Å². The number of aromatic nitrogens is 2. The lowest BCUT2D eigenvalue weighted by Crippen LogP contribution is -2.09. The van der Waals surface area contributed by atoms with Gasteiger partial charge in [-0.2, -0.15) is 5.10 Å². The quantitative estimate of drug-likeness (QED) is 0.793. The highest BCUT2D eigenvalue weighted by Crippen LogP contribution is 2.23. The second-order valence-corrected chi connectivity index (χ2v) is 5.45. The van der Waals surface area contributed by atoms with Crippen LogP contribution in [0.5, 0.6) is 0 Å². The van der Waals surface area contributed by atoms with E-state index in [4.69, 9.17) is 0 Å². The van der Waals surface area contributed by atoms with Crippen molar-refractivity contribution in [2.24, 2.45) is 0 Å². The Kier molecular flexibility index (Phi) is 3.54. The predicted molar refractivity (Wildman–Crippen MR) is 78.8 cm³/mol. The van der Waals surface area contributed by atoms with Crippen molar-refractivity contribution in [3.05, 3.63) is 64.5 Å². The molecule has 20 heavy (non-hydrogen) atoms. The second kappa shape index (κ2) is 5.34. The molecular weight excluding hydrogens is 323 g/mol.